The SMILES string of the molecule is Cn1cccc1C1=CC=[N+](C)CC1. The molecule has 0 spiro atoms. The van der Waals surface area contributed by atoms with E-state index >= 15 is 0 Å². The predicted octanol–water partition coefficient (Wildman–Crippen LogP) is 1.53. The molecule has 2 heterocycles. The molecule has 68 valence electrons. The number of hydrogen-bond acceptors (Lipinski definition) is 0. The highest BCUT2D eigenvalue weighted by Crippen LogP contribution is 2.18. The van der Waals surface area contributed by atoms with Crippen molar-refractivity contribution in [2.45, 2.75) is 6.42 Å². The maximum atomic E-state index is 2.21. The van der Waals surface area contributed by atoms with E-state index in [4.69, 9.17) is 0 Å². The van der Waals surface area contributed by atoms with E-state index in [1.54, 1.807) is 0 Å². The minimum Gasteiger partial charge on any atom is -0.351 e. The molecule has 0 unspecified atom stereocenters. The van der Waals surface area contributed by atoms with E-state index in [2.05, 4.69) is 53.9 Å². The monoisotopic (exact) mass is 175 g/mol. The van der Waals surface area contributed by atoms with Crippen molar-refractivity contribution in [2.24, 2.45) is 7.05 Å². The zero-order valence-corrected chi connectivity index (χ0v) is 8.20. The van der Waals surface area contributed by atoms with Gasteiger partial charge in [0.15, 0.2) is 6.21 Å². The van der Waals surface area contributed by atoms with Crippen LogP contribution in [-0.2, 0) is 7.05 Å². The molecule has 0 saturated heterocycles. The van der Waals surface area contributed by atoms with Crippen molar-refractivity contribution in [1.82, 2.24) is 4.57 Å². The normalized spacial score (nSPS) is 16.8. The summed E-state index contributed by atoms with van der Waals surface area (Å²) in [6.07, 6.45) is 7.59. The van der Waals surface area contributed by atoms with Crippen LogP contribution in [0.4, 0.5) is 0 Å². The number of aromatic nitrogens is 1. The van der Waals surface area contributed by atoms with E-state index in [1.165, 1.54) is 11.3 Å². The van der Waals surface area contributed by atoms with Crippen LogP contribution in [0.2, 0.25) is 0 Å². The van der Waals surface area contributed by atoms with E-state index in [-0.39, 0.29) is 0 Å². The molecule has 1 aliphatic rings. The Bertz CT molecular complexity index is 369. The van der Waals surface area contributed by atoms with Gasteiger partial charge in [-0.05, 0) is 17.7 Å². The first kappa shape index (κ1) is 8.30. The fraction of sp³-hybridized carbons (Fsp3) is 0.364. The topological polar surface area (TPSA) is 7.94 Å². The fourth-order valence-corrected chi connectivity index (χ4v) is 1.68. The Kier molecular flexibility index (Phi) is 2.05. The predicted molar refractivity (Wildman–Crippen MR) is 55.1 cm³/mol. The van der Waals surface area contributed by atoms with Crippen LogP contribution in [0.5, 0.6) is 0 Å². The van der Waals surface area contributed by atoms with Crippen molar-refractivity contribution in [3.05, 3.63) is 30.1 Å². The Balaban J connectivity index is 2.33. The second kappa shape index (κ2) is 3.21. The summed E-state index contributed by atoms with van der Waals surface area (Å²) in [6, 6.07) is 4.26. The summed E-state index contributed by atoms with van der Waals surface area (Å²) in [5.74, 6) is 0. The molecule has 0 fully saturated rings. The van der Waals surface area contributed by atoms with Gasteiger partial charge < -0.3 is 4.57 Å². The molecule has 0 saturated carbocycles. The molecule has 0 aromatic carbocycles. The van der Waals surface area contributed by atoms with Crippen LogP contribution in [0.1, 0.15) is 12.1 Å². The zero-order chi connectivity index (χ0) is 9.26. The van der Waals surface area contributed by atoms with Crippen LogP contribution < -0.4 is 0 Å². The van der Waals surface area contributed by atoms with E-state index in [0.717, 1.165) is 13.0 Å². The molecule has 0 radical (unpaired) electrons. The molecule has 1 aromatic heterocycles. The number of hydrogen-bond donors (Lipinski definition) is 0. The lowest BCUT2D eigenvalue weighted by molar-refractivity contribution is -0.491. The summed E-state index contributed by atoms with van der Waals surface area (Å²) in [7, 11) is 4.20. The molecule has 1 aromatic rings. The van der Waals surface area contributed by atoms with Gasteiger partial charge in [0.2, 0.25) is 0 Å². The third kappa shape index (κ3) is 1.57. The van der Waals surface area contributed by atoms with Crippen molar-refractivity contribution in [1.29, 1.82) is 0 Å². The van der Waals surface area contributed by atoms with Gasteiger partial charge in [0.25, 0.3) is 0 Å². The lowest BCUT2D eigenvalue weighted by atomic mass is 10.1. The van der Waals surface area contributed by atoms with Crippen molar-refractivity contribution < 1.29 is 4.58 Å². The summed E-state index contributed by atoms with van der Waals surface area (Å²) < 4.78 is 4.39. The van der Waals surface area contributed by atoms with Gasteiger partial charge in [0, 0.05) is 31.4 Å². The zero-order valence-electron chi connectivity index (χ0n) is 8.20. The Morgan fingerprint density at radius 2 is 2.31 bits per heavy atom. The van der Waals surface area contributed by atoms with E-state index in [9.17, 15) is 0 Å². The minimum atomic E-state index is 1.12. The molecule has 1 aliphatic heterocycles. The number of allylic oxidation sites excluding steroid dienone is 1. The van der Waals surface area contributed by atoms with Gasteiger partial charge in [-0.1, -0.05) is 0 Å². The van der Waals surface area contributed by atoms with Gasteiger partial charge >= 0.3 is 0 Å². The second-order valence-electron chi connectivity index (χ2n) is 3.58. The average molecular weight is 175 g/mol. The van der Waals surface area contributed by atoms with Crippen LogP contribution in [0.15, 0.2) is 24.4 Å². The van der Waals surface area contributed by atoms with Crippen LogP contribution in [0.3, 0.4) is 0 Å². The third-order valence-electron chi connectivity index (χ3n) is 2.54. The lowest BCUT2D eigenvalue weighted by Gasteiger charge is -2.09. The van der Waals surface area contributed by atoms with Gasteiger partial charge in [0.05, 0.1) is 0 Å². The summed E-state index contributed by atoms with van der Waals surface area (Å²) >= 11 is 0. The highest BCUT2D eigenvalue weighted by molar-refractivity contribution is 5.82. The van der Waals surface area contributed by atoms with Gasteiger partial charge in [-0.25, -0.2) is 4.58 Å². The molecule has 0 atom stereocenters. The average Bonchev–Trinajstić information content (AvgIpc) is 2.53. The number of rotatable bonds is 1. The molecule has 0 bridgehead atoms. The van der Waals surface area contributed by atoms with Crippen molar-refractivity contribution in [2.75, 3.05) is 13.6 Å². The molecule has 2 rings (SSSR count). The molecule has 13 heavy (non-hydrogen) atoms. The first-order valence-electron chi connectivity index (χ1n) is 4.63. The standard InChI is InChI=1S/C11H15N2/c1-12-8-5-10(6-9-12)11-4-3-7-13(11)2/h3-5,7-8H,6,9H2,1-2H3/q+1. The van der Waals surface area contributed by atoms with Gasteiger partial charge in [0.1, 0.15) is 13.6 Å². The van der Waals surface area contributed by atoms with Crippen LogP contribution in [0.25, 0.3) is 5.57 Å². The molecule has 0 amide bonds. The smallest absolute Gasteiger partial charge is 0.163 e. The number of aryl methyl sites for hydroxylation is 1. The summed E-state index contributed by atoms with van der Waals surface area (Å²) in [5.41, 5.74) is 2.77. The Morgan fingerprint density at radius 3 is 2.85 bits per heavy atom. The minimum absolute atomic E-state index is 1.12. The molecule has 2 heteroatoms. The number of nitrogens with zero attached hydrogens (tertiary/aromatic N) is 2. The molecule has 2 nitrogen and oxygen atoms in total. The van der Waals surface area contributed by atoms with E-state index < -0.39 is 0 Å². The molecule has 0 aliphatic carbocycles. The van der Waals surface area contributed by atoms with E-state index in [1.807, 2.05) is 0 Å². The highest BCUT2D eigenvalue weighted by Gasteiger charge is 2.11. The molecular weight excluding hydrogens is 160 g/mol. The van der Waals surface area contributed by atoms with Crippen LogP contribution in [0, 0.1) is 0 Å². The maximum Gasteiger partial charge on any atom is 0.163 e. The van der Waals surface area contributed by atoms with Crippen LogP contribution >= 0.6 is 0 Å². The Morgan fingerprint density at radius 1 is 1.46 bits per heavy atom. The van der Waals surface area contributed by atoms with Gasteiger partial charge in [-0.15, -0.1) is 0 Å². The second-order valence-corrected chi connectivity index (χ2v) is 3.58. The quantitative estimate of drug-likeness (QED) is 0.572. The lowest BCUT2D eigenvalue weighted by Crippen LogP contribution is -2.13. The fourth-order valence-electron chi connectivity index (χ4n) is 1.68. The van der Waals surface area contributed by atoms with Crippen molar-refractivity contribution >= 4 is 11.8 Å². The van der Waals surface area contributed by atoms with Crippen molar-refractivity contribution in [3.63, 3.8) is 0 Å². The van der Waals surface area contributed by atoms with Crippen LogP contribution in [-0.4, -0.2) is 28.9 Å². The maximum absolute atomic E-state index is 2.21. The molecule has 0 N–H and O–H groups in total. The van der Waals surface area contributed by atoms with Gasteiger partial charge in [-0.3, -0.25) is 0 Å². The van der Waals surface area contributed by atoms with E-state index in [0.29, 0.717) is 0 Å². The highest BCUT2D eigenvalue weighted by atomic mass is 15.0. The molecular formula is C11H15N2+. The third-order valence-corrected chi connectivity index (χ3v) is 2.54. The first-order valence-corrected chi connectivity index (χ1v) is 4.63. The van der Waals surface area contributed by atoms with Gasteiger partial charge in [-0.2, -0.15) is 0 Å². The Labute approximate surface area is 78.8 Å². The first-order chi connectivity index (χ1) is 6.27. The summed E-state index contributed by atoms with van der Waals surface area (Å²) in [6.45, 7) is 1.12. The Hall–Kier alpha value is -1.31. The summed E-state index contributed by atoms with van der Waals surface area (Å²) in [4.78, 5) is 0. The van der Waals surface area contributed by atoms with Crippen molar-refractivity contribution in [3.8, 4) is 0 Å². The summed E-state index contributed by atoms with van der Waals surface area (Å²) in [5, 5.41) is 0. The largest absolute Gasteiger partial charge is 0.351 e.